The van der Waals surface area contributed by atoms with Gasteiger partial charge in [-0.05, 0) is 26.8 Å². The van der Waals surface area contributed by atoms with Crippen LogP contribution >= 0.6 is 0 Å². The van der Waals surface area contributed by atoms with Crippen molar-refractivity contribution in [1.82, 2.24) is 25.6 Å². The summed E-state index contributed by atoms with van der Waals surface area (Å²) in [6.45, 7) is 7.24. The van der Waals surface area contributed by atoms with Crippen LogP contribution in [0.25, 0.3) is 0 Å². The van der Waals surface area contributed by atoms with Gasteiger partial charge in [0.25, 0.3) is 0 Å². The fraction of sp³-hybridized carbons (Fsp3) is 0.500. The molecule has 0 aliphatic carbocycles. The predicted octanol–water partition coefficient (Wildman–Crippen LogP) is 2.27. The van der Waals surface area contributed by atoms with Gasteiger partial charge in [-0.3, -0.25) is 0 Å². The number of aliphatic imine (C=N–C) groups is 1. The van der Waals surface area contributed by atoms with E-state index in [4.69, 9.17) is 4.42 Å². The van der Waals surface area contributed by atoms with Gasteiger partial charge in [0.05, 0.1) is 5.69 Å². The summed E-state index contributed by atoms with van der Waals surface area (Å²) >= 11 is 0. The van der Waals surface area contributed by atoms with Gasteiger partial charge in [0.1, 0.15) is 18.0 Å². The molecule has 0 aliphatic heterocycles. The van der Waals surface area contributed by atoms with Crippen molar-refractivity contribution in [3.63, 3.8) is 0 Å². The molecule has 0 aromatic carbocycles. The Bertz CT molecular complexity index is 754. The Labute approximate surface area is 154 Å². The third-order valence-electron chi connectivity index (χ3n) is 3.44. The van der Waals surface area contributed by atoms with Crippen LogP contribution in [0.15, 0.2) is 21.7 Å². The number of guanidine groups is 1. The van der Waals surface area contributed by atoms with Gasteiger partial charge in [0, 0.05) is 25.8 Å². The molecule has 2 heterocycles. The number of oxazole rings is 1. The van der Waals surface area contributed by atoms with Crippen molar-refractivity contribution in [3.8, 4) is 0 Å². The van der Waals surface area contributed by atoms with Gasteiger partial charge < -0.3 is 20.4 Å². The number of rotatable bonds is 7. The Morgan fingerprint density at radius 2 is 1.96 bits per heavy atom. The molecule has 0 atom stereocenters. The third kappa shape index (κ3) is 6.42. The van der Waals surface area contributed by atoms with E-state index in [0.717, 1.165) is 23.7 Å². The molecule has 2 rings (SSSR count). The molecule has 11 heteroatoms. The van der Waals surface area contributed by atoms with Gasteiger partial charge in [-0.25, -0.2) is 19.9 Å². The number of nitrogens with zero attached hydrogens (tertiary/aromatic N) is 4. The summed E-state index contributed by atoms with van der Waals surface area (Å²) in [7, 11) is 0. The molecule has 0 radical (unpaired) electrons. The third-order valence-corrected chi connectivity index (χ3v) is 3.44. The second kappa shape index (κ2) is 9.19. The highest BCUT2D eigenvalue weighted by atomic mass is 19.4. The molecule has 3 N–H and O–H groups in total. The van der Waals surface area contributed by atoms with Crippen molar-refractivity contribution in [3.05, 3.63) is 35.3 Å². The lowest BCUT2D eigenvalue weighted by Gasteiger charge is -2.12. The lowest BCUT2D eigenvalue weighted by molar-refractivity contribution is -0.141. The van der Waals surface area contributed by atoms with Crippen LogP contribution in [0.4, 0.5) is 19.1 Å². The summed E-state index contributed by atoms with van der Waals surface area (Å²) in [5.41, 5.74) is -0.164. The first-order valence-corrected chi connectivity index (χ1v) is 8.38. The van der Waals surface area contributed by atoms with Gasteiger partial charge >= 0.3 is 6.18 Å². The van der Waals surface area contributed by atoms with E-state index in [2.05, 4.69) is 35.9 Å². The van der Waals surface area contributed by atoms with Gasteiger partial charge in [-0.15, -0.1) is 0 Å². The zero-order valence-corrected chi connectivity index (χ0v) is 15.3. The molecule has 0 bridgehead atoms. The fourth-order valence-corrected chi connectivity index (χ4v) is 2.05. The van der Waals surface area contributed by atoms with Crippen molar-refractivity contribution >= 4 is 11.9 Å². The summed E-state index contributed by atoms with van der Waals surface area (Å²) in [4.78, 5) is 15.8. The maximum Gasteiger partial charge on any atom is 0.433 e. The number of anilines is 1. The molecule has 0 fully saturated rings. The molecule has 0 amide bonds. The minimum atomic E-state index is -4.50. The van der Waals surface area contributed by atoms with Crippen LogP contribution in [0.5, 0.6) is 0 Å². The molecular formula is C16H22F3N7O. The lowest BCUT2D eigenvalue weighted by atomic mass is 10.4. The fourth-order valence-electron chi connectivity index (χ4n) is 2.05. The number of aryl methyl sites for hydroxylation is 2. The van der Waals surface area contributed by atoms with E-state index < -0.39 is 11.9 Å². The Morgan fingerprint density at radius 1 is 1.19 bits per heavy atom. The van der Waals surface area contributed by atoms with Crippen LogP contribution in [-0.2, 0) is 12.7 Å². The molecule has 2 aromatic rings. The zero-order chi connectivity index (χ0) is 19.9. The van der Waals surface area contributed by atoms with E-state index in [1.165, 1.54) is 0 Å². The largest absolute Gasteiger partial charge is 0.444 e. The molecule has 0 unspecified atom stereocenters. The minimum Gasteiger partial charge on any atom is -0.444 e. The highest BCUT2D eigenvalue weighted by molar-refractivity contribution is 5.79. The average molecular weight is 385 g/mol. The summed E-state index contributed by atoms with van der Waals surface area (Å²) in [5, 5.41) is 8.86. The van der Waals surface area contributed by atoms with E-state index in [0.29, 0.717) is 31.5 Å². The highest BCUT2D eigenvalue weighted by Crippen LogP contribution is 2.27. The molecule has 8 nitrogen and oxygen atoms in total. The van der Waals surface area contributed by atoms with Crippen molar-refractivity contribution in [2.45, 2.75) is 33.5 Å². The standard InChI is InChI=1S/C16H22F3N7O/c1-4-20-14(24-9-13-25-10(2)11(3)27-13)22-7-8-23-15-21-6-5-12(26-15)16(17,18)19/h5-6H,4,7-9H2,1-3H3,(H2,20,22,24)(H,21,23,26). The molecule has 0 saturated heterocycles. The zero-order valence-electron chi connectivity index (χ0n) is 15.3. The monoisotopic (exact) mass is 385 g/mol. The van der Waals surface area contributed by atoms with Crippen molar-refractivity contribution in [2.75, 3.05) is 25.0 Å². The van der Waals surface area contributed by atoms with Crippen LogP contribution in [-0.4, -0.2) is 40.5 Å². The van der Waals surface area contributed by atoms with Gasteiger partial charge in [-0.2, -0.15) is 13.2 Å². The maximum atomic E-state index is 12.6. The molecule has 148 valence electrons. The van der Waals surface area contributed by atoms with Crippen molar-refractivity contribution in [2.24, 2.45) is 4.99 Å². The number of hydrogen-bond acceptors (Lipinski definition) is 6. The topological polar surface area (TPSA) is 100 Å². The van der Waals surface area contributed by atoms with Crippen molar-refractivity contribution in [1.29, 1.82) is 0 Å². The van der Waals surface area contributed by atoms with E-state index >= 15 is 0 Å². The minimum absolute atomic E-state index is 0.0840. The van der Waals surface area contributed by atoms with Crippen LogP contribution in [0, 0.1) is 13.8 Å². The van der Waals surface area contributed by atoms with Gasteiger partial charge in [0.2, 0.25) is 11.8 Å². The molecular weight excluding hydrogens is 363 g/mol. The van der Waals surface area contributed by atoms with Crippen LogP contribution in [0.2, 0.25) is 0 Å². The first-order chi connectivity index (χ1) is 12.8. The number of aromatic nitrogens is 3. The molecule has 0 spiro atoms. The number of halogens is 3. The molecule has 27 heavy (non-hydrogen) atoms. The van der Waals surface area contributed by atoms with Crippen LogP contribution < -0.4 is 16.0 Å². The molecule has 2 aromatic heterocycles. The van der Waals surface area contributed by atoms with E-state index in [1.807, 2.05) is 20.8 Å². The normalized spacial score (nSPS) is 12.1. The second-order valence-electron chi connectivity index (χ2n) is 5.56. The molecule has 0 aliphatic rings. The summed E-state index contributed by atoms with van der Waals surface area (Å²) in [6.07, 6.45) is -3.43. The van der Waals surface area contributed by atoms with Crippen LogP contribution in [0.1, 0.15) is 30.0 Å². The lowest BCUT2D eigenvalue weighted by Crippen LogP contribution is -2.39. The van der Waals surface area contributed by atoms with Crippen molar-refractivity contribution < 1.29 is 17.6 Å². The van der Waals surface area contributed by atoms with Crippen LogP contribution in [0.3, 0.4) is 0 Å². The quantitative estimate of drug-likeness (QED) is 0.382. The Balaban J connectivity index is 1.84. The van der Waals surface area contributed by atoms with Gasteiger partial charge in [-0.1, -0.05) is 0 Å². The van der Waals surface area contributed by atoms with E-state index in [1.54, 1.807) is 0 Å². The Kier molecular flexibility index (Phi) is 6.97. The van der Waals surface area contributed by atoms with Gasteiger partial charge in [0.15, 0.2) is 5.96 Å². The SMILES string of the molecule is CCNC(=NCc1nc(C)c(C)o1)NCCNc1nccc(C(F)(F)F)n1. The summed E-state index contributed by atoms with van der Waals surface area (Å²) in [6, 6.07) is 0.825. The first kappa shape index (κ1) is 20.5. The Morgan fingerprint density at radius 3 is 2.59 bits per heavy atom. The first-order valence-electron chi connectivity index (χ1n) is 8.38. The maximum absolute atomic E-state index is 12.6. The predicted molar refractivity (Wildman–Crippen MR) is 94.3 cm³/mol. The average Bonchev–Trinajstić information content (AvgIpc) is 2.94. The Hall–Kier alpha value is -2.85. The highest BCUT2D eigenvalue weighted by Gasteiger charge is 2.32. The summed E-state index contributed by atoms with van der Waals surface area (Å²) in [5.74, 6) is 1.72. The number of alkyl halides is 3. The van der Waals surface area contributed by atoms with E-state index in [-0.39, 0.29) is 12.5 Å². The number of hydrogen-bond donors (Lipinski definition) is 3. The number of nitrogens with one attached hydrogen (secondary N) is 3. The molecule has 0 saturated carbocycles. The smallest absolute Gasteiger partial charge is 0.433 e. The summed E-state index contributed by atoms with van der Waals surface area (Å²) < 4.78 is 43.4. The second-order valence-corrected chi connectivity index (χ2v) is 5.56. The van der Waals surface area contributed by atoms with E-state index in [9.17, 15) is 13.2 Å².